The fourth-order valence-corrected chi connectivity index (χ4v) is 11.4. The van der Waals surface area contributed by atoms with Gasteiger partial charge in [0.15, 0.2) is 0 Å². The number of nitrogens with zero attached hydrogens (tertiary/aromatic N) is 4. The van der Waals surface area contributed by atoms with Crippen molar-refractivity contribution in [1.82, 2.24) is 19.1 Å². The molecule has 0 saturated heterocycles. The van der Waals surface area contributed by atoms with Gasteiger partial charge in [-0.25, -0.2) is 9.97 Å². The average molecular weight is 863 g/mol. The van der Waals surface area contributed by atoms with Gasteiger partial charge >= 0.3 is 0 Å². The Bertz CT molecular complexity index is 4420. The second-order valence-corrected chi connectivity index (χ2v) is 18.1. The summed E-state index contributed by atoms with van der Waals surface area (Å²) in [7, 11) is 0. The lowest BCUT2D eigenvalue weighted by atomic mass is 9.96. The van der Waals surface area contributed by atoms with E-state index in [-0.39, 0.29) is 0 Å². The summed E-state index contributed by atoms with van der Waals surface area (Å²) >= 11 is 0. The Balaban J connectivity index is 0.894. The van der Waals surface area contributed by atoms with Crippen LogP contribution in [-0.4, -0.2) is 19.1 Å². The van der Waals surface area contributed by atoms with Crippen molar-refractivity contribution < 1.29 is 0 Å². The van der Waals surface area contributed by atoms with Gasteiger partial charge in [0.05, 0.1) is 33.3 Å². The molecule has 314 valence electrons. The highest BCUT2D eigenvalue weighted by atomic mass is 15.2. The van der Waals surface area contributed by atoms with Crippen molar-refractivity contribution >= 4 is 76.1 Å². The zero-order chi connectivity index (χ0) is 44.5. The molecule has 3 aromatic heterocycles. The fourth-order valence-electron chi connectivity index (χ4n) is 11.4. The minimum atomic E-state index is 0.650. The molecule has 0 saturated carbocycles. The minimum absolute atomic E-state index is 0.650. The molecule has 0 fully saturated rings. The monoisotopic (exact) mass is 862 g/mol. The Labute approximate surface area is 391 Å². The number of hydrogen-bond acceptors (Lipinski definition) is 2. The second kappa shape index (κ2) is 14.2. The van der Waals surface area contributed by atoms with Gasteiger partial charge in [-0.05, 0) is 127 Å². The molecular formula is C64H38N4. The first-order valence-electron chi connectivity index (χ1n) is 23.3. The van der Waals surface area contributed by atoms with Crippen LogP contribution in [-0.2, 0) is 0 Å². The summed E-state index contributed by atoms with van der Waals surface area (Å²) in [5.74, 6) is 0.650. The third-order valence-corrected chi connectivity index (χ3v) is 14.4. The van der Waals surface area contributed by atoms with E-state index in [2.05, 4.69) is 240 Å². The smallest absolute Gasteiger partial charge is 0.235 e. The summed E-state index contributed by atoms with van der Waals surface area (Å²) < 4.78 is 4.69. The molecule has 4 heteroatoms. The fraction of sp³-hybridized carbons (Fsp3) is 0. The molecule has 0 unspecified atom stereocenters. The van der Waals surface area contributed by atoms with E-state index in [4.69, 9.17) is 9.97 Å². The predicted octanol–water partition coefficient (Wildman–Crippen LogP) is 16.8. The number of aromatic nitrogens is 4. The SMILES string of the molecule is c1ccc(-n2c3ccc(-c4ccc5c(c4)c4ccccc4n5-c4nc(-c5ccc(-c6ccc7ccccc7c6)cc5)c5ccccc5n4)cc3c3c4cccc5c4c(cc32)-c2ccccc2-5)cc1. The molecule has 1 aliphatic rings. The molecule has 15 rings (SSSR count). The normalized spacial score (nSPS) is 12.1. The van der Waals surface area contributed by atoms with E-state index in [1.807, 2.05) is 0 Å². The van der Waals surface area contributed by atoms with Crippen LogP contribution in [0.3, 0.4) is 0 Å². The van der Waals surface area contributed by atoms with Gasteiger partial charge in [0.2, 0.25) is 5.95 Å². The maximum Gasteiger partial charge on any atom is 0.235 e. The van der Waals surface area contributed by atoms with Crippen LogP contribution in [0.1, 0.15) is 0 Å². The van der Waals surface area contributed by atoms with Crippen LogP contribution in [0.25, 0.3) is 143 Å². The van der Waals surface area contributed by atoms with E-state index in [0.29, 0.717) is 5.95 Å². The number of benzene rings is 11. The summed E-state index contributed by atoms with van der Waals surface area (Å²) in [5, 5.41) is 11.0. The Kier molecular flexibility index (Phi) is 7.75. The summed E-state index contributed by atoms with van der Waals surface area (Å²) in [5.41, 5.74) is 18.5. The standard InChI is InChI=1S/C64H38N4/c1-2-15-46(16-3-1)67-59-34-32-45(37-55(59)62-52-22-12-21-50-47-17-6-7-18-48(47)54(61(50)52)38-60(62)67)44-31-33-58-53(36-44)49-19-9-11-24-57(49)68(58)64-65-56-23-10-8-20-51(56)63(66-64)41-28-25-40(26-29-41)43-30-27-39-13-4-5-14-42(39)35-43/h1-38H. The third-order valence-electron chi connectivity index (χ3n) is 14.4. The molecule has 11 aromatic carbocycles. The van der Waals surface area contributed by atoms with Crippen LogP contribution in [0.2, 0.25) is 0 Å². The largest absolute Gasteiger partial charge is 0.309 e. The van der Waals surface area contributed by atoms with E-state index < -0.39 is 0 Å². The minimum Gasteiger partial charge on any atom is -0.309 e. The highest BCUT2D eigenvalue weighted by Crippen LogP contribution is 2.51. The van der Waals surface area contributed by atoms with E-state index >= 15 is 0 Å². The highest BCUT2D eigenvalue weighted by Gasteiger charge is 2.26. The van der Waals surface area contributed by atoms with Crippen LogP contribution in [0.5, 0.6) is 0 Å². The molecule has 0 spiro atoms. The van der Waals surface area contributed by atoms with Crippen LogP contribution in [0.15, 0.2) is 231 Å². The molecule has 3 heterocycles. The van der Waals surface area contributed by atoms with Gasteiger partial charge in [-0.3, -0.25) is 4.57 Å². The molecule has 68 heavy (non-hydrogen) atoms. The quantitative estimate of drug-likeness (QED) is 0.173. The molecule has 14 aromatic rings. The second-order valence-electron chi connectivity index (χ2n) is 18.1. The number of rotatable bonds is 5. The van der Waals surface area contributed by atoms with Crippen molar-refractivity contribution in [1.29, 1.82) is 0 Å². The first kappa shape index (κ1) is 37.1. The van der Waals surface area contributed by atoms with E-state index in [0.717, 1.165) is 55.2 Å². The van der Waals surface area contributed by atoms with Crippen molar-refractivity contribution in [3.63, 3.8) is 0 Å². The molecule has 4 nitrogen and oxygen atoms in total. The zero-order valence-corrected chi connectivity index (χ0v) is 36.7. The van der Waals surface area contributed by atoms with Crippen LogP contribution >= 0.6 is 0 Å². The lowest BCUT2D eigenvalue weighted by molar-refractivity contribution is 1.01. The van der Waals surface area contributed by atoms with Gasteiger partial charge in [0.25, 0.3) is 0 Å². The summed E-state index contributed by atoms with van der Waals surface area (Å²) in [6.07, 6.45) is 0. The molecule has 1 aliphatic carbocycles. The number of hydrogen-bond donors (Lipinski definition) is 0. The molecule has 0 radical (unpaired) electrons. The van der Waals surface area contributed by atoms with Crippen LogP contribution in [0, 0.1) is 0 Å². The molecule has 0 N–H and O–H groups in total. The third kappa shape index (κ3) is 5.37. The highest BCUT2D eigenvalue weighted by molar-refractivity contribution is 6.29. The van der Waals surface area contributed by atoms with Gasteiger partial charge < -0.3 is 4.57 Å². The average Bonchev–Trinajstić information content (AvgIpc) is 4.04. The van der Waals surface area contributed by atoms with Crippen molar-refractivity contribution in [2.75, 3.05) is 0 Å². The van der Waals surface area contributed by atoms with E-state index in [1.165, 1.54) is 82.3 Å². The van der Waals surface area contributed by atoms with Gasteiger partial charge in [-0.1, -0.05) is 170 Å². The van der Waals surface area contributed by atoms with Crippen LogP contribution < -0.4 is 0 Å². The van der Waals surface area contributed by atoms with E-state index in [1.54, 1.807) is 0 Å². The Morgan fingerprint density at radius 3 is 1.71 bits per heavy atom. The van der Waals surface area contributed by atoms with Crippen molar-refractivity contribution in [3.8, 4) is 67.4 Å². The number of fused-ring (bicyclic) bond motifs is 12. The number of para-hydroxylation sites is 3. The molecule has 0 aliphatic heterocycles. The lowest BCUT2D eigenvalue weighted by Gasteiger charge is -2.12. The Morgan fingerprint density at radius 2 is 0.868 bits per heavy atom. The van der Waals surface area contributed by atoms with Gasteiger partial charge in [0, 0.05) is 38.2 Å². The van der Waals surface area contributed by atoms with Gasteiger partial charge in [0.1, 0.15) is 0 Å². The molecule has 0 amide bonds. The predicted molar refractivity (Wildman–Crippen MR) is 284 cm³/mol. The van der Waals surface area contributed by atoms with Crippen LogP contribution in [0.4, 0.5) is 0 Å². The summed E-state index contributed by atoms with van der Waals surface area (Å²) in [6, 6.07) is 83.8. The van der Waals surface area contributed by atoms with Crippen molar-refractivity contribution in [2.45, 2.75) is 0 Å². The Hall–Kier alpha value is -9.12. The van der Waals surface area contributed by atoms with Crippen molar-refractivity contribution in [3.05, 3.63) is 231 Å². The molecule has 0 bridgehead atoms. The first-order chi connectivity index (χ1) is 33.7. The summed E-state index contributed by atoms with van der Waals surface area (Å²) in [4.78, 5) is 10.7. The molecule has 0 atom stereocenters. The maximum absolute atomic E-state index is 5.43. The first-order valence-corrected chi connectivity index (χ1v) is 23.3. The van der Waals surface area contributed by atoms with Gasteiger partial charge in [-0.15, -0.1) is 0 Å². The topological polar surface area (TPSA) is 35.6 Å². The van der Waals surface area contributed by atoms with E-state index in [9.17, 15) is 0 Å². The summed E-state index contributed by atoms with van der Waals surface area (Å²) in [6.45, 7) is 0. The molecular weight excluding hydrogens is 825 g/mol. The maximum atomic E-state index is 5.43. The zero-order valence-electron chi connectivity index (χ0n) is 36.7. The van der Waals surface area contributed by atoms with Crippen molar-refractivity contribution in [2.24, 2.45) is 0 Å². The lowest BCUT2D eigenvalue weighted by Crippen LogP contribution is -2.03. The Morgan fingerprint density at radius 1 is 0.279 bits per heavy atom. The van der Waals surface area contributed by atoms with Gasteiger partial charge in [-0.2, -0.15) is 0 Å².